The molecule has 28 heavy (non-hydrogen) atoms. The van der Waals surface area contributed by atoms with Crippen molar-refractivity contribution < 1.29 is 13.2 Å². The van der Waals surface area contributed by atoms with Crippen molar-refractivity contribution in [2.45, 2.75) is 45.6 Å². The summed E-state index contributed by atoms with van der Waals surface area (Å²) in [6, 6.07) is 7.49. The predicted molar refractivity (Wildman–Crippen MR) is 108 cm³/mol. The zero-order valence-electron chi connectivity index (χ0n) is 16.7. The molecular formula is C20H28N4O3S. The predicted octanol–water partition coefficient (Wildman–Crippen LogP) is 2.82. The van der Waals surface area contributed by atoms with Crippen molar-refractivity contribution in [1.29, 1.82) is 0 Å². The molecule has 7 nitrogen and oxygen atoms in total. The van der Waals surface area contributed by atoms with E-state index >= 15 is 0 Å². The highest BCUT2D eigenvalue weighted by Crippen LogP contribution is 2.42. The van der Waals surface area contributed by atoms with Crippen molar-refractivity contribution in [3.05, 3.63) is 41.7 Å². The highest BCUT2D eigenvalue weighted by Gasteiger charge is 2.38. The van der Waals surface area contributed by atoms with Crippen LogP contribution in [0, 0.1) is 5.41 Å². The molecule has 1 aromatic carbocycles. The van der Waals surface area contributed by atoms with Crippen molar-refractivity contribution in [2.75, 3.05) is 20.2 Å². The van der Waals surface area contributed by atoms with Gasteiger partial charge < -0.3 is 4.74 Å². The fourth-order valence-electron chi connectivity index (χ4n) is 4.28. The number of methoxy groups -OCH3 is 1. The molecular weight excluding hydrogens is 376 g/mol. The Kier molecular flexibility index (Phi) is 4.97. The van der Waals surface area contributed by atoms with E-state index in [1.54, 1.807) is 11.4 Å². The van der Waals surface area contributed by atoms with Crippen LogP contribution in [-0.4, -0.2) is 42.7 Å². The van der Waals surface area contributed by atoms with Gasteiger partial charge in [0.1, 0.15) is 5.75 Å². The Labute approximate surface area is 166 Å². The van der Waals surface area contributed by atoms with Crippen molar-refractivity contribution in [3.8, 4) is 11.4 Å². The highest BCUT2D eigenvalue weighted by atomic mass is 32.2. The number of fused-ring (bicyclic) bond motifs is 1. The van der Waals surface area contributed by atoms with Crippen molar-refractivity contribution in [1.82, 2.24) is 18.8 Å². The quantitative estimate of drug-likeness (QED) is 0.831. The first-order valence-electron chi connectivity index (χ1n) is 9.78. The van der Waals surface area contributed by atoms with Crippen molar-refractivity contribution in [2.24, 2.45) is 5.41 Å². The van der Waals surface area contributed by atoms with E-state index in [1.807, 2.05) is 35.1 Å². The fourth-order valence-corrected chi connectivity index (χ4v) is 5.73. The van der Waals surface area contributed by atoms with Gasteiger partial charge in [0.15, 0.2) is 0 Å². The Balaban J connectivity index is 1.67. The van der Waals surface area contributed by atoms with Crippen LogP contribution in [0.5, 0.6) is 5.75 Å². The normalized spacial score (nSPS) is 22.2. The summed E-state index contributed by atoms with van der Waals surface area (Å²) in [6.07, 6.45) is 5.26. The Hall–Kier alpha value is -1.90. The number of hydrogen-bond acceptors (Lipinski definition) is 4. The van der Waals surface area contributed by atoms with Gasteiger partial charge in [-0.25, -0.2) is 4.68 Å². The molecule has 0 amide bonds. The molecule has 4 rings (SSSR count). The maximum Gasteiger partial charge on any atom is 0.280 e. The average molecular weight is 405 g/mol. The van der Waals surface area contributed by atoms with Gasteiger partial charge in [-0.15, -0.1) is 0 Å². The van der Waals surface area contributed by atoms with Gasteiger partial charge in [-0.2, -0.15) is 22.5 Å². The zero-order valence-corrected chi connectivity index (χ0v) is 17.5. The number of ether oxygens (including phenoxy) is 1. The maximum absolute atomic E-state index is 12.8. The summed E-state index contributed by atoms with van der Waals surface area (Å²) >= 11 is 0. The fraction of sp³-hybridized carbons (Fsp3) is 0.550. The molecule has 0 spiro atoms. The Morgan fingerprint density at radius 1 is 1.18 bits per heavy atom. The van der Waals surface area contributed by atoms with E-state index in [-0.39, 0.29) is 11.5 Å². The Bertz CT molecular complexity index is 944. The van der Waals surface area contributed by atoms with Gasteiger partial charge in [0.05, 0.1) is 25.0 Å². The molecule has 2 aliphatic rings. The molecule has 8 heteroatoms. The van der Waals surface area contributed by atoms with Crippen LogP contribution >= 0.6 is 0 Å². The molecule has 1 saturated heterocycles. The molecule has 1 aromatic heterocycles. The van der Waals surface area contributed by atoms with Crippen molar-refractivity contribution >= 4 is 10.2 Å². The van der Waals surface area contributed by atoms with Crippen LogP contribution in [0.1, 0.15) is 50.4 Å². The summed E-state index contributed by atoms with van der Waals surface area (Å²) in [6.45, 7) is 5.56. The number of rotatable bonds is 5. The van der Waals surface area contributed by atoms with Crippen LogP contribution in [0.15, 0.2) is 30.5 Å². The van der Waals surface area contributed by atoms with Gasteiger partial charge in [0.25, 0.3) is 10.2 Å². The molecule has 1 unspecified atom stereocenters. The van der Waals surface area contributed by atoms with E-state index in [0.29, 0.717) is 13.1 Å². The summed E-state index contributed by atoms with van der Waals surface area (Å²) in [5.41, 5.74) is 2.95. The first-order chi connectivity index (χ1) is 13.3. The standard InChI is InChI=1S/C20H28N4O3S/c1-20(2)12-18(22-28(25,26)23-10-4-5-11-23)17-14-21-24(19(17)13-20)15-6-8-16(27-3)9-7-15/h6-9,14,18,22H,4-5,10-13H2,1-3H3. The van der Waals surface area contributed by atoms with Gasteiger partial charge in [0.2, 0.25) is 0 Å². The highest BCUT2D eigenvalue weighted by molar-refractivity contribution is 7.87. The minimum Gasteiger partial charge on any atom is -0.497 e. The summed E-state index contributed by atoms with van der Waals surface area (Å²) in [5, 5.41) is 4.59. The Morgan fingerprint density at radius 2 is 1.86 bits per heavy atom. The smallest absolute Gasteiger partial charge is 0.280 e. The average Bonchev–Trinajstić information content (AvgIpc) is 3.31. The molecule has 2 heterocycles. The first-order valence-corrected chi connectivity index (χ1v) is 11.2. The number of benzene rings is 1. The van der Waals surface area contributed by atoms with E-state index in [9.17, 15) is 8.42 Å². The van der Waals surface area contributed by atoms with E-state index in [2.05, 4.69) is 23.7 Å². The lowest BCUT2D eigenvalue weighted by atomic mass is 9.74. The van der Waals surface area contributed by atoms with Gasteiger partial charge >= 0.3 is 0 Å². The lowest BCUT2D eigenvalue weighted by molar-refractivity contribution is 0.266. The molecule has 152 valence electrons. The van der Waals surface area contributed by atoms with Crippen LogP contribution in [0.4, 0.5) is 0 Å². The molecule has 1 aliphatic carbocycles. The third-order valence-corrected chi connectivity index (χ3v) is 7.32. The van der Waals surface area contributed by atoms with Crippen LogP contribution in [0.2, 0.25) is 0 Å². The van der Waals surface area contributed by atoms with Crippen LogP contribution in [0.3, 0.4) is 0 Å². The monoisotopic (exact) mass is 404 g/mol. The van der Waals surface area contributed by atoms with E-state index in [4.69, 9.17) is 4.74 Å². The number of nitrogens with zero attached hydrogens (tertiary/aromatic N) is 3. The third kappa shape index (κ3) is 3.68. The zero-order chi connectivity index (χ0) is 19.9. The van der Waals surface area contributed by atoms with Crippen LogP contribution in [0.25, 0.3) is 5.69 Å². The van der Waals surface area contributed by atoms with Gasteiger partial charge in [0, 0.05) is 24.3 Å². The van der Waals surface area contributed by atoms with E-state index in [1.165, 1.54) is 0 Å². The molecule has 2 aromatic rings. The number of nitrogens with one attached hydrogen (secondary N) is 1. The van der Waals surface area contributed by atoms with E-state index < -0.39 is 10.2 Å². The lowest BCUT2D eigenvalue weighted by Gasteiger charge is -2.36. The topological polar surface area (TPSA) is 76.5 Å². The molecule has 0 radical (unpaired) electrons. The second kappa shape index (κ2) is 7.17. The number of aromatic nitrogens is 2. The van der Waals surface area contributed by atoms with Gasteiger partial charge in [-0.1, -0.05) is 13.8 Å². The van der Waals surface area contributed by atoms with Crippen LogP contribution < -0.4 is 9.46 Å². The second-order valence-corrected chi connectivity index (χ2v) is 10.2. The third-order valence-electron chi connectivity index (χ3n) is 5.69. The molecule has 0 saturated carbocycles. The molecule has 1 aliphatic heterocycles. The molecule has 0 bridgehead atoms. The first kappa shape index (κ1) is 19.4. The minimum atomic E-state index is -3.49. The largest absolute Gasteiger partial charge is 0.497 e. The van der Waals surface area contributed by atoms with Crippen LogP contribution in [-0.2, 0) is 16.6 Å². The lowest BCUT2D eigenvalue weighted by Crippen LogP contribution is -2.43. The summed E-state index contributed by atoms with van der Waals surface area (Å²) in [7, 11) is -1.84. The number of hydrogen-bond donors (Lipinski definition) is 1. The molecule has 1 fully saturated rings. The van der Waals surface area contributed by atoms with Gasteiger partial charge in [-0.05, 0) is 55.4 Å². The summed E-state index contributed by atoms with van der Waals surface area (Å²) < 4.78 is 37.4. The molecule has 1 atom stereocenters. The van der Waals surface area contributed by atoms with Gasteiger partial charge in [-0.3, -0.25) is 0 Å². The second-order valence-electron chi connectivity index (χ2n) is 8.48. The Morgan fingerprint density at radius 3 is 2.50 bits per heavy atom. The maximum atomic E-state index is 12.8. The molecule has 1 N–H and O–H groups in total. The van der Waals surface area contributed by atoms with E-state index in [0.717, 1.165) is 48.4 Å². The summed E-state index contributed by atoms with van der Waals surface area (Å²) in [4.78, 5) is 0. The SMILES string of the molecule is COc1ccc(-n2ncc3c2CC(C)(C)CC3NS(=O)(=O)N2CCCC2)cc1. The minimum absolute atomic E-state index is 0.0323. The van der Waals surface area contributed by atoms with Crippen molar-refractivity contribution in [3.63, 3.8) is 0 Å². The summed E-state index contributed by atoms with van der Waals surface area (Å²) in [5.74, 6) is 0.793.